The molecule has 1 aliphatic rings. The van der Waals surface area contributed by atoms with Crippen LogP contribution < -0.4 is 9.13 Å². The molecular formula is C32H50N2+2. The second-order valence-corrected chi connectivity index (χ2v) is 10.4. The van der Waals surface area contributed by atoms with E-state index in [1.807, 2.05) is 0 Å². The lowest BCUT2D eigenvalue weighted by Crippen LogP contribution is -2.33. The third-order valence-electron chi connectivity index (χ3n) is 7.26. The maximum Gasteiger partial charge on any atom is 0.171 e. The second kappa shape index (κ2) is 17.5. The van der Waals surface area contributed by atoms with Crippen LogP contribution in [0, 0.1) is 0 Å². The molecule has 2 nitrogen and oxygen atoms in total. The van der Waals surface area contributed by atoms with Gasteiger partial charge in [0.05, 0.1) is 0 Å². The van der Waals surface area contributed by atoms with Gasteiger partial charge in [-0.3, -0.25) is 0 Å². The Morgan fingerprint density at radius 3 is 1.41 bits per heavy atom. The summed E-state index contributed by atoms with van der Waals surface area (Å²) in [4.78, 5) is 0. The SMILES string of the molecule is C1=C\CCCCc2ccc[n+](c2)CCCCCCCCCCc2ccc[n+](c2)CCCCCC/1. The first-order valence-corrected chi connectivity index (χ1v) is 14.5. The molecule has 2 aromatic heterocycles. The molecule has 2 aromatic rings. The molecule has 4 bridgehead atoms. The summed E-state index contributed by atoms with van der Waals surface area (Å²) in [5.74, 6) is 0. The molecule has 186 valence electrons. The molecule has 0 amide bonds. The van der Waals surface area contributed by atoms with Crippen molar-refractivity contribution in [2.45, 2.75) is 129 Å². The number of pyridine rings is 2. The predicted molar refractivity (Wildman–Crippen MR) is 144 cm³/mol. The van der Waals surface area contributed by atoms with Crippen molar-refractivity contribution >= 4 is 0 Å². The minimum atomic E-state index is 1.17. The van der Waals surface area contributed by atoms with Crippen molar-refractivity contribution in [3.8, 4) is 0 Å². The summed E-state index contributed by atoms with van der Waals surface area (Å²) in [6, 6.07) is 9.10. The normalized spacial score (nSPS) is 20.0. The number of rotatable bonds is 0. The quantitative estimate of drug-likeness (QED) is 0.278. The highest BCUT2D eigenvalue weighted by Gasteiger charge is 2.05. The first kappa shape index (κ1) is 26.6. The number of allylic oxidation sites excluding steroid dienone is 2. The molecular weight excluding hydrogens is 412 g/mol. The Kier molecular flexibility index (Phi) is 13.7. The number of fused-ring (bicyclic) bond motifs is 4. The Morgan fingerprint density at radius 1 is 0.441 bits per heavy atom. The molecule has 0 saturated heterocycles. The molecule has 2 heteroatoms. The van der Waals surface area contributed by atoms with E-state index in [0.717, 1.165) is 0 Å². The average molecular weight is 463 g/mol. The summed E-state index contributed by atoms with van der Waals surface area (Å²) in [5.41, 5.74) is 3.02. The van der Waals surface area contributed by atoms with Gasteiger partial charge in [0, 0.05) is 36.1 Å². The van der Waals surface area contributed by atoms with Crippen LogP contribution in [0.4, 0.5) is 0 Å². The van der Waals surface area contributed by atoms with E-state index in [1.165, 1.54) is 140 Å². The van der Waals surface area contributed by atoms with Crippen molar-refractivity contribution in [3.05, 3.63) is 72.3 Å². The van der Waals surface area contributed by atoms with E-state index in [0.29, 0.717) is 0 Å². The van der Waals surface area contributed by atoms with Crippen LogP contribution in [0.25, 0.3) is 0 Å². The van der Waals surface area contributed by atoms with Gasteiger partial charge in [-0.05, 0) is 76.3 Å². The van der Waals surface area contributed by atoms with Gasteiger partial charge in [0.15, 0.2) is 24.8 Å². The molecule has 0 aliphatic carbocycles. The van der Waals surface area contributed by atoms with Crippen LogP contribution in [0.2, 0.25) is 0 Å². The minimum absolute atomic E-state index is 1.17. The van der Waals surface area contributed by atoms with E-state index in [1.54, 1.807) is 0 Å². The van der Waals surface area contributed by atoms with E-state index < -0.39 is 0 Å². The van der Waals surface area contributed by atoms with E-state index in [9.17, 15) is 0 Å². The van der Waals surface area contributed by atoms with Gasteiger partial charge < -0.3 is 0 Å². The monoisotopic (exact) mass is 462 g/mol. The summed E-state index contributed by atoms with van der Waals surface area (Å²) in [6.07, 6.45) is 38.0. The maximum absolute atomic E-state index is 2.42. The van der Waals surface area contributed by atoms with Gasteiger partial charge >= 0.3 is 0 Å². The molecule has 0 radical (unpaired) electrons. The fourth-order valence-electron chi connectivity index (χ4n) is 5.15. The minimum Gasteiger partial charge on any atom is -0.205 e. The van der Waals surface area contributed by atoms with Gasteiger partial charge in [-0.25, -0.2) is 9.13 Å². The van der Waals surface area contributed by atoms with Crippen LogP contribution >= 0.6 is 0 Å². The highest BCUT2D eigenvalue weighted by Crippen LogP contribution is 2.12. The van der Waals surface area contributed by atoms with Crippen molar-refractivity contribution in [3.63, 3.8) is 0 Å². The fraction of sp³-hybridized carbons (Fsp3) is 0.625. The zero-order chi connectivity index (χ0) is 23.5. The van der Waals surface area contributed by atoms with Crippen LogP contribution in [0.3, 0.4) is 0 Å². The predicted octanol–water partition coefficient (Wildman–Crippen LogP) is 7.86. The molecule has 0 spiro atoms. The number of hydrogen-bond donors (Lipinski definition) is 0. The Hall–Kier alpha value is -1.96. The van der Waals surface area contributed by atoms with Crippen LogP contribution in [0.15, 0.2) is 61.2 Å². The average Bonchev–Trinajstić information content (AvgIpc) is 2.86. The molecule has 1 aliphatic heterocycles. The van der Waals surface area contributed by atoms with Gasteiger partial charge in [-0.2, -0.15) is 0 Å². The third kappa shape index (κ3) is 12.0. The smallest absolute Gasteiger partial charge is 0.171 e. The molecule has 0 aromatic carbocycles. The Labute approximate surface area is 210 Å². The molecule has 0 saturated carbocycles. The highest BCUT2D eigenvalue weighted by molar-refractivity contribution is 5.06. The van der Waals surface area contributed by atoms with Crippen molar-refractivity contribution in [1.82, 2.24) is 0 Å². The first-order valence-electron chi connectivity index (χ1n) is 14.5. The lowest BCUT2D eigenvalue weighted by Gasteiger charge is -2.04. The van der Waals surface area contributed by atoms with Crippen LogP contribution in [-0.4, -0.2) is 0 Å². The van der Waals surface area contributed by atoms with Crippen LogP contribution in [0.5, 0.6) is 0 Å². The number of hydrogen-bond acceptors (Lipinski definition) is 0. The summed E-state index contributed by atoms with van der Waals surface area (Å²) < 4.78 is 4.83. The van der Waals surface area contributed by atoms with E-state index in [4.69, 9.17) is 0 Å². The van der Waals surface area contributed by atoms with Crippen molar-refractivity contribution < 1.29 is 9.13 Å². The fourth-order valence-corrected chi connectivity index (χ4v) is 5.15. The van der Waals surface area contributed by atoms with Gasteiger partial charge in [0.2, 0.25) is 0 Å². The first-order chi connectivity index (χ1) is 16.9. The lowest BCUT2D eigenvalue weighted by atomic mass is 10.0. The Morgan fingerprint density at radius 2 is 0.853 bits per heavy atom. The number of aryl methyl sites for hydroxylation is 4. The summed E-state index contributed by atoms with van der Waals surface area (Å²) in [7, 11) is 0. The zero-order valence-corrected chi connectivity index (χ0v) is 21.8. The Bertz CT molecular complexity index is 810. The summed E-state index contributed by atoms with van der Waals surface area (Å²) >= 11 is 0. The maximum atomic E-state index is 2.42. The topological polar surface area (TPSA) is 7.76 Å². The van der Waals surface area contributed by atoms with Crippen molar-refractivity contribution in [2.24, 2.45) is 0 Å². The third-order valence-corrected chi connectivity index (χ3v) is 7.26. The van der Waals surface area contributed by atoms with Gasteiger partial charge in [-0.1, -0.05) is 50.7 Å². The van der Waals surface area contributed by atoms with E-state index >= 15 is 0 Å². The van der Waals surface area contributed by atoms with Gasteiger partial charge in [-0.15, -0.1) is 0 Å². The van der Waals surface area contributed by atoms with E-state index in [2.05, 4.69) is 70.3 Å². The van der Waals surface area contributed by atoms with Crippen LogP contribution in [0.1, 0.15) is 114 Å². The van der Waals surface area contributed by atoms with Crippen molar-refractivity contribution in [2.75, 3.05) is 0 Å². The van der Waals surface area contributed by atoms with Gasteiger partial charge in [0.1, 0.15) is 13.1 Å². The summed E-state index contributed by atoms with van der Waals surface area (Å²) in [5, 5.41) is 0. The standard InChI is InChI=1S/C32H50N2/c1-2-5-9-13-17-25-33-27-20-24-32(30-33)22-16-12-8-4-6-10-14-18-26-34-28-19-23-31(29-34)21-15-11-7-3-1/h1,3,19-20,23-24,27-30H,2,4-18,21-22,25-26H2/q+2/b3-1-. The molecule has 0 atom stereocenters. The lowest BCUT2D eigenvalue weighted by molar-refractivity contribution is -0.697. The molecule has 3 heterocycles. The molecule has 0 N–H and O–H groups in total. The largest absolute Gasteiger partial charge is 0.205 e. The van der Waals surface area contributed by atoms with Gasteiger partial charge in [0.25, 0.3) is 0 Å². The summed E-state index contributed by atoms with van der Waals surface area (Å²) in [6.45, 7) is 2.35. The van der Waals surface area contributed by atoms with Crippen LogP contribution in [-0.2, 0) is 25.9 Å². The highest BCUT2D eigenvalue weighted by atomic mass is 14.9. The van der Waals surface area contributed by atoms with E-state index in [-0.39, 0.29) is 0 Å². The molecule has 3 rings (SSSR count). The van der Waals surface area contributed by atoms with Crippen molar-refractivity contribution in [1.29, 1.82) is 0 Å². The zero-order valence-electron chi connectivity index (χ0n) is 21.8. The molecule has 0 fully saturated rings. The molecule has 34 heavy (non-hydrogen) atoms. The number of aromatic nitrogens is 2. The molecule has 0 unspecified atom stereocenters. The number of nitrogens with zero attached hydrogens (tertiary/aromatic N) is 2. The second-order valence-electron chi connectivity index (χ2n) is 10.4. The Balaban J connectivity index is 1.41.